The summed E-state index contributed by atoms with van der Waals surface area (Å²) in [7, 11) is 0. The Hall–Kier alpha value is -3.06. The fourth-order valence-corrected chi connectivity index (χ4v) is 7.10. The first-order valence-electron chi connectivity index (χ1n) is 12.6. The van der Waals surface area contributed by atoms with Crippen LogP contribution in [0.1, 0.15) is 62.3 Å². The number of hydrogen-bond acceptors (Lipinski definition) is 1. The molecule has 0 aromatic heterocycles. The van der Waals surface area contributed by atoms with Gasteiger partial charge in [-0.2, -0.15) is 0 Å². The molecule has 2 aliphatic carbocycles. The molecule has 3 aromatic rings. The first-order valence-corrected chi connectivity index (χ1v) is 12.6. The highest BCUT2D eigenvalue weighted by atomic mass is 15.2. The van der Waals surface area contributed by atoms with Crippen molar-refractivity contribution in [1.82, 2.24) is 0 Å². The number of benzene rings is 3. The van der Waals surface area contributed by atoms with Crippen LogP contribution in [0.15, 0.2) is 84.1 Å². The van der Waals surface area contributed by atoms with Crippen LogP contribution in [0.3, 0.4) is 0 Å². The van der Waals surface area contributed by atoms with Gasteiger partial charge >= 0.3 is 0 Å². The second-order valence-electron chi connectivity index (χ2n) is 11.1. The second kappa shape index (κ2) is 6.50. The fraction of sp³-hybridized carbons (Fsp3) is 0.312. The van der Waals surface area contributed by atoms with E-state index in [9.17, 15) is 0 Å². The van der Waals surface area contributed by atoms with Gasteiger partial charge in [0.15, 0.2) is 0 Å². The Morgan fingerprint density at radius 2 is 1.61 bits per heavy atom. The molecule has 0 N–H and O–H groups in total. The summed E-state index contributed by atoms with van der Waals surface area (Å²) in [5.41, 5.74) is 14.6. The van der Waals surface area contributed by atoms with Crippen molar-refractivity contribution in [3.8, 4) is 11.1 Å². The molecular weight excluding hydrogens is 398 g/mol. The number of allylic oxidation sites excluding steroid dienone is 4. The molecule has 2 aliphatic heterocycles. The predicted octanol–water partition coefficient (Wildman–Crippen LogP) is 8.15. The summed E-state index contributed by atoms with van der Waals surface area (Å²) in [6.45, 7) is 7.26. The molecular formula is C32H31N. The van der Waals surface area contributed by atoms with Crippen LogP contribution >= 0.6 is 0 Å². The average Bonchev–Trinajstić information content (AvgIpc) is 3.11. The number of hydrogen-bond donors (Lipinski definition) is 0. The maximum absolute atomic E-state index is 2.58. The van der Waals surface area contributed by atoms with Crippen molar-refractivity contribution in [2.24, 2.45) is 0 Å². The molecule has 0 radical (unpaired) electrons. The normalized spacial score (nSPS) is 23.7. The highest BCUT2D eigenvalue weighted by Gasteiger charge is 2.52. The first kappa shape index (κ1) is 19.4. The number of para-hydroxylation sites is 1. The van der Waals surface area contributed by atoms with Crippen LogP contribution in [-0.4, -0.2) is 0 Å². The van der Waals surface area contributed by atoms with E-state index in [1.54, 1.807) is 11.1 Å². The lowest BCUT2D eigenvalue weighted by Gasteiger charge is -2.45. The SMILES string of the molecule is CC1(C)C2=C3N(c4ccccc41)c1ccc(-c4cccc5c4CCCC5)cc1C3(C)CC=C2. The van der Waals surface area contributed by atoms with E-state index >= 15 is 0 Å². The molecule has 2 heterocycles. The topological polar surface area (TPSA) is 3.24 Å². The van der Waals surface area contributed by atoms with E-state index in [-0.39, 0.29) is 10.8 Å². The number of rotatable bonds is 1. The molecule has 1 nitrogen and oxygen atoms in total. The van der Waals surface area contributed by atoms with Gasteiger partial charge in [-0.25, -0.2) is 0 Å². The molecule has 0 amide bonds. The summed E-state index contributed by atoms with van der Waals surface area (Å²) in [6.07, 6.45) is 11.0. The van der Waals surface area contributed by atoms with Crippen molar-refractivity contribution in [3.05, 3.63) is 106 Å². The van der Waals surface area contributed by atoms with Crippen LogP contribution in [0.4, 0.5) is 11.4 Å². The van der Waals surface area contributed by atoms with Gasteiger partial charge in [-0.05, 0) is 96.2 Å². The molecule has 0 saturated carbocycles. The summed E-state index contributed by atoms with van der Waals surface area (Å²) < 4.78 is 0. The Labute approximate surface area is 197 Å². The Balaban J connectivity index is 1.48. The van der Waals surface area contributed by atoms with Crippen molar-refractivity contribution in [3.63, 3.8) is 0 Å². The predicted molar refractivity (Wildman–Crippen MR) is 138 cm³/mol. The van der Waals surface area contributed by atoms with Crippen molar-refractivity contribution < 1.29 is 0 Å². The van der Waals surface area contributed by atoms with Crippen molar-refractivity contribution in [2.75, 3.05) is 4.90 Å². The van der Waals surface area contributed by atoms with E-state index in [0.29, 0.717) is 0 Å². The van der Waals surface area contributed by atoms with Crippen molar-refractivity contribution in [1.29, 1.82) is 0 Å². The summed E-state index contributed by atoms with van der Waals surface area (Å²) in [4.78, 5) is 2.58. The minimum Gasteiger partial charge on any atom is -0.312 e. The lowest BCUT2D eigenvalue weighted by Crippen LogP contribution is -2.38. The molecule has 3 aromatic carbocycles. The molecule has 164 valence electrons. The van der Waals surface area contributed by atoms with Crippen LogP contribution in [0, 0.1) is 0 Å². The van der Waals surface area contributed by atoms with Gasteiger partial charge in [-0.3, -0.25) is 0 Å². The van der Waals surface area contributed by atoms with Gasteiger partial charge in [0.1, 0.15) is 0 Å². The van der Waals surface area contributed by atoms with Crippen molar-refractivity contribution in [2.45, 2.75) is 63.7 Å². The summed E-state index contributed by atoms with van der Waals surface area (Å²) in [5, 5.41) is 0. The number of aryl methyl sites for hydroxylation is 1. The average molecular weight is 430 g/mol. The largest absolute Gasteiger partial charge is 0.312 e. The molecule has 1 heteroatoms. The monoisotopic (exact) mass is 429 g/mol. The minimum atomic E-state index is 0.00395. The van der Waals surface area contributed by atoms with E-state index in [1.165, 1.54) is 70.6 Å². The number of fused-ring (bicyclic) bond motifs is 6. The van der Waals surface area contributed by atoms with E-state index < -0.39 is 0 Å². The quantitative estimate of drug-likeness (QED) is 0.377. The van der Waals surface area contributed by atoms with Gasteiger partial charge in [-0.15, -0.1) is 0 Å². The lowest BCUT2D eigenvalue weighted by atomic mass is 9.65. The fourth-order valence-electron chi connectivity index (χ4n) is 7.10. The molecule has 4 aliphatic rings. The van der Waals surface area contributed by atoms with Crippen LogP contribution in [-0.2, 0) is 23.7 Å². The standard InChI is InChI=1S/C32H31N/c1-31(2)25-14-6-7-16-28(25)33-29-18-17-22(24-13-8-11-21-10-4-5-12-23(21)24)20-27(29)32(3)19-9-15-26(31)30(32)33/h6-9,11,13-18,20H,4-5,10,12,19H2,1-3H3. The highest BCUT2D eigenvalue weighted by molar-refractivity contribution is 5.88. The van der Waals surface area contributed by atoms with Crippen molar-refractivity contribution >= 4 is 11.4 Å². The van der Waals surface area contributed by atoms with Crippen LogP contribution in [0.25, 0.3) is 11.1 Å². The first-order chi connectivity index (χ1) is 16.0. The summed E-state index contributed by atoms with van der Waals surface area (Å²) >= 11 is 0. The zero-order valence-electron chi connectivity index (χ0n) is 19.9. The summed E-state index contributed by atoms with van der Waals surface area (Å²) in [5.74, 6) is 0. The molecule has 1 atom stereocenters. The molecule has 33 heavy (non-hydrogen) atoms. The Kier molecular flexibility index (Phi) is 3.83. The van der Waals surface area contributed by atoms with Crippen LogP contribution in [0.2, 0.25) is 0 Å². The van der Waals surface area contributed by atoms with Gasteiger partial charge in [0.25, 0.3) is 0 Å². The van der Waals surface area contributed by atoms with Gasteiger partial charge in [0, 0.05) is 22.2 Å². The zero-order chi connectivity index (χ0) is 22.4. The van der Waals surface area contributed by atoms with Gasteiger partial charge < -0.3 is 4.90 Å². The second-order valence-corrected chi connectivity index (χ2v) is 11.1. The van der Waals surface area contributed by atoms with Crippen LogP contribution in [0.5, 0.6) is 0 Å². The van der Waals surface area contributed by atoms with Gasteiger partial charge in [-0.1, -0.05) is 68.5 Å². The minimum absolute atomic E-state index is 0.00395. The number of anilines is 2. The smallest absolute Gasteiger partial charge is 0.0501 e. The third kappa shape index (κ3) is 2.43. The summed E-state index contributed by atoms with van der Waals surface area (Å²) in [6, 6.07) is 23.3. The molecule has 0 fully saturated rings. The number of nitrogens with zero attached hydrogens (tertiary/aromatic N) is 1. The van der Waals surface area contributed by atoms with E-state index in [4.69, 9.17) is 0 Å². The van der Waals surface area contributed by atoms with Gasteiger partial charge in [0.2, 0.25) is 0 Å². The van der Waals surface area contributed by atoms with Crippen LogP contribution < -0.4 is 4.90 Å². The maximum Gasteiger partial charge on any atom is 0.0501 e. The van der Waals surface area contributed by atoms with E-state index in [0.717, 1.165) is 6.42 Å². The molecule has 7 rings (SSSR count). The van der Waals surface area contributed by atoms with E-state index in [1.807, 2.05) is 0 Å². The molecule has 0 saturated heterocycles. The lowest BCUT2D eigenvalue weighted by molar-refractivity contribution is 0.524. The molecule has 0 spiro atoms. The van der Waals surface area contributed by atoms with E-state index in [2.05, 4.69) is 98.5 Å². The maximum atomic E-state index is 2.58. The third-order valence-electron chi connectivity index (χ3n) is 8.84. The van der Waals surface area contributed by atoms with Gasteiger partial charge in [0.05, 0.1) is 5.69 Å². The molecule has 1 unspecified atom stereocenters. The third-order valence-corrected chi connectivity index (χ3v) is 8.84. The highest BCUT2D eigenvalue weighted by Crippen LogP contribution is 2.62. The Morgan fingerprint density at radius 3 is 2.52 bits per heavy atom. The molecule has 0 bridgehead atoms. The Bertz CT molecular complexity index is 1390. The zero-order valence-corrected chi connectivity index (χ0v) is 19.9. The Morgan fingerprint density at radius 1 is 0.788 bits per heavy atom.